The van der Waals surface area contributed by atoms with Gasteiger partial charge < -0.3 is 4.74 Å². The Labute approximate surface area is 206 Å². The fraction of sp³-hybridized carbons (Fsp3) is 0.320. The predicted molar refractivity (Wildman–Crippen MR) is 126 cm³/mol. The summed E-state index contributed by atoms with van der Waals surface area (Å²) in [7, 11) is 0. The van der Waals surface area contributed by atoms with Gasteiger partial charge in [-0.05, 0) is 61.6 Å². The molecule has 0 unspecified atom stereocenters. The molecular weight excluding hydrogens is 474 g/mol. The number of amides is 4. The first-order valence-electron chi connectivity index (χ1n) is 11.2. The summed E-state index contributed by atoms with van der Waals surface area (Å²) in [6.07, 6.45) is 2.34. The van der Waals surface area contributed by atoms with Crippen molar-refractivity contribution in [1.29, 1.82) is 0 Å². The molecule has 0 radical (unpaired) electrons. The topological polar surface area (TPSA) is 122 Å². The molecule has 1 aliphatic heterocycles. The minimum Gasteiger partial charge on any atom is -0.452 e. The standard InChI is InChI=1S/C25H24ClN3O6/c1-14-6-11-17-19(12-14)24(33)29(23(17)32)16-9-7-15(8-10-16)25(34)35-13-21(30)27-28-22(31)18-4-2-3-5-20(18)26/h2-5,7-10,14,17,19H,6,11-13H2,1H3,(H,27,30)(H,28,31)/t14-,17-,19-/m1/s1. The van der Waals surface area contributed by atoms with E-state index in [1.807, 2.05) is 0 Å². The Bertz CT molecular complexity index is 1180. The van der Waals surface area contributed by atoms with Gasteiger partial charge in [0.25, 0.3) is 11.8 Å². The number of carbonyl (C=O) groups is 5. The van der Waals surface area contributed by atoms with Gasteiger partial charge in [0.2, 0.25) is 11.8 Å². The number of fused-ring (bicyclic) bond motifs is 1. The third-order valence-corrected chi connectivity index (χ3v) is 6.65. The third-order valence-electron chi connectivity index (χ3n) is 6.32. The van der Waals surface area contributed by atoms with E-state index in [2.05, 4.69) is 17.8 Å². The van der Waals surface area contributed by atoms with Crippen LogP contribution in [-0.4, -0.2) is 36.2 Å². The zero-order chi connectivity index (χ0) is 25.1. The fourth-order valence-corrected chi connectivity index (χ4v) is 4.70. The smallest absolute Gasteiger partial charge is 0.338 e. The summed E-state index contributed by atoms with van der Waals surface area (Å²) in [4.78, 5) is 63.1. The number of halogens is 1. The molecule has 2 aromatic rings. The molecule has 1 saturated carbocycles. The molecule has 0 spiro atoms. The number of hydrogen-bond donors (Lipinski definition) is 2. The Balaban J connectivity index is 1.29. The lowest BCUT2D eigenvalue weighted by molar-refractivity contribution is -0.125. The first kappa shape index (κ1) is 24.4. The Morgan fingerprint density at radius 3 is 2.37 bits per heavy atom. The van der Waals surface area contributed by atoms with Crippen molar-refractivity contribution in [2.75, 3.05) is 11.5 Å². The molecule has 2 fully saturated rings. The van der Waals surface area contributed by atoms with Gasteiger partial charge in [-0.2, -0.15) is 0 Å². The maximum Gasteiger partial charge on any atom is 0.338 e. The van der Waals surface area contributed by atoms with Crippen LogP contribution in [0.1, 0.15) is 46.9 Å². The molecular formula is C25H24ClN3O6. The highest BCUT2D eigenvalue weighted by atomic mass is 35.5. The Morgan fingerprint density at radius 2 is 1.66 bits per heavy atom. The van der Waals surface area contributed by atoms with E-state index in [4.69, 9.17) is 16.3 Å². The largest absolute Gasteiger partial charge is 0.452 e. The quantitative estimate of drug-likeness (QED) is 0.372. The molecule has 182 valence electrons. The predicted octanol–water partition coefficient (Wildman–Crippen LogP) is 2.88. The van der Waals surface area contributed by atoms with Gasteiger partial charge in [-0.3, -0.25) is 34.9 Å². The van der Waals surface area contributed by atoms with Crippen LogP contribution in [0.2, 0.25) is 5.02 Å². The monoisotopic (exact) mass is 497 g/mol. The van der Waals surface area contributed by atoms with E-state index in [0.29, 0.717) is 24.4 Å². The lowest BCUT2D eigenvalue weighted by atomic mass is 9.76. The Morgan fingerprint density at radius 1 is 0.971 bits per heavy atom. The van der Waals surface area contributed by atoms with Gasteiger partial charge in [-0.15, -0.1) is 0 Å². The summed E-state index contributed by atoms with van der Waals surface area (Å²) in [6.45, 7) is 1.46. The van der Waals surface area contributed by atoms with Crippen molar-refractivity contribution >= 4 is 46.9 Å². The number of nitrogens with one attached hydrogen (secondary N) is 2. The average molecular weight is 498 g/mol. The van der Waals surface area contributed by atoms with Crippen LogP contribution in [0.4, 0.5) is 5.69 Å². The Kier molecular flexibility index (Phi) is 7.16. The summed E-state index contributed by atoms with van der Waals surface area (Å²) in [5.41, 5.74) is 5.06. The second-order valence-electron chi connectivity index (χ2n) is 8.75. The SMILES string of the molecule is C[C@@H]1CC[C@H]2C(=O)N(c3ccc(C(=O)OCC(=O)NNC(=O)c4ccccc4Cl)cc3)C(=O)[C@@H]2C1. The maximum atomic E-state index is 12.8. The van der Waals surface area contributed by atoms with Gasteiger partial charge in [0.1, 0.15) is 0 Å². The van der Waals surface area contributed by atoms with Crippen molar-refractivity contribution in [2.45, 2.75) is 26.2 Å². The van der Waals surface area contributed by atoms with Crippen LogP contribution in [0.5, 0.6) is 0 Å². The number of esters is 1. The van der Waals surface area contributed by atoms with E-state index >= 15 is 0 Å². The minimum absolute atomic E-state index is 0.145. The zero-order valence-corrected chi connectivity index (χ0v) is 19.7. The molecule has 1 aliphatic carbocycles. The summed E-state index contributed by atoms with van der Waals surface area (Å²) in [5.74, 6) is -2.69. The molecule has 0 aromatic heterocycles. The zero-order valence-electron chi connectivity index (χ0n) is 19.0. The number of carbonyl (C=O) groups excluding carboxylic acids is 5. The Hall–Kier alpha value is -3.72. The summed E-state index contributed by atoms with van der Waals surface area (Å²) in [6, 6.07) is 12.2. The van der Waals surface area contributed by atoms with Gasteiger partial charge in [-0.25, -0.2) is 4.79 Å². The van der Waals surface area contributed by atoms with Crippen LogP contribution in [-0.2, 0) is 19.1 Å². The van der Waals surface area contributed by atoms with Crippen LogP contribution < -0.4 is 15.8 Å². The molecule has 2 aromatic carbocycles. The summed E-state index contributed by atoms with van der Waals surface area (Å²) >= 11 is 5.93. The minimum atomic E-state index is -0.773. The molecule has 4 rings (SSSR count). The van der Waals surface area contributed by atoms with Gasteiger partial charge in [0.05, 0.1) is 33.7 Å². The van der Waals surface area contributed by atoms with E-state index in [1.54, 1.807) is 12.1 Å². The molecule has 9 nitrogen and oxygen atoms in total. The van der Waals surface area contributed by atoms with Crippen LogP contribution in [0, 0.1) is 17.8 Å². The van der Waals surface area contributed by atoms with Crippen molar-refractivity contribution in [3.63, 3.8) is 0 Å². The summed E-state index contributed by atoms with van der Waals surface area (Å²) < 4.78 is 4.97. The normalized spacial score (nSPS) is 21.3. The van der Waals surface area contributed by atoms with E-state index < -0.39 is 24.4 Å². The molecule has 1 heterocycles. The van der Waals surface area contributed by atoms with E-state index in [0.717, 1.165) is 6.42 Å². The van der Waals surface area contributed by atoms with Crippen molar-refractivity contribution < 1.29 is 28.7 Å². The molecule has 2 aliphatic rings. The highest BCUT2D eigenvalue weighted by molar-refractivity contribution is 6.33. The lowest BCUT2D eigenvalue weighted by Gasteiger charge is -2.25. The van der Waals surface area contributed by atoms with Crippen LogP contribution >= 0.6 is 11.6 Å². The van der Waals surface area contributed by atoms with Gasteiger partial charge >= 0.3 is 5.97 Å². The number of hydrazine groups is 1. The number of ether oxygens (including phenoxy) is 1. The molecule has 2 N–H and O–H groups in total. The molecule has 1 saturated heterocycles. The maximum absolute atomic E-state index is 12.8. The average Bonchev–Trinajstić information content (AvgIpc) is 3.10. The first-order chi connectivity index (χ1) is 16.8. The lowest BCUT2D eigenvalue weighted by Crippen LogP contribution is -2.43. The molecule has 4 amide bonds. The second-order valence-corrected chi connectivity index (χ2v) is 9.16. The van der Waals surface area contributed by atoms with Crippen LogP contribution in [0.15, 0.2) is 48.5 Å². The number of benzene rings is 2. The van der Waals surface area contributed by atoms with Crippen molar-refractivity contribution in [2.24, 2.45) is 17.8 Å². The number of hydrogen-bond acceptors (Lipinski definition) is 6. The van der Waals surface area contributed by atoms with E-state index in [1.165, 1.54) is 41.3 Å². The van der Waals surface area contributed by atoms with E-state index in [9.17, 15) is 24.0 Å². The highest BCUT2D eigenvalue weighted by Gasteiger charge is 2.49. The number of rotatable bonds is 5. The van der Waals surface area contributed by atoms with Crippen molar-refractivity contribution in [3.8, 4) is 0 Å². The third kappa shape index (κ3) is 5.19. The second kappa shape index (κ2) is 10.3. The van der Waals surface area contributed by atoms with Crippen molar-refractivity contribution in [1.82, 2.24) is 10.9 Å². The van der Waals surface area contributed by atoms with Crippen LogP contribution in [0.25, 0.3) is 0 Å². The van der Waals surface area contributed by atoms with Gasteiger partial charge in [0, 0.05) is 0 Å². The van der Waals surface area contributed by atoms with Gasteiger partial charge in [0.15, 0.2) is 6.61 Å². The van der Waals surface area contributed by atoms with E-state index in [-0.39, 0.29) is 39.8 Å². The number of anilines is 1. The molecule has 0 bridgehead atoms. The number of nitrogens with zero attached hydrogens (tertiary/aromatic N) is 1. The van der Waals surface area contributed by atoms with Crippen molar-refractivity contribution in [3.05, 3.63) is 64.7 Å². The highest BCUT2D eigenvalue weighted by Crippen LogP contribution is 2.42. The fourth-order valence-electron chi connectivity index (χ4n) is 4.48. The molecule has 10 heteroatoms. The molecule has 3 atom stereocenters. The molecule has 35 heavy (non-hydrogen) atoms. The summed E-state index contributed by atoms with van der Waals surface area (Å²) in [5, 5.41) is 0.222. The first-order valence-corrected chi connectivity index (χ1v) is 11.6. The number of imide groups is 1. The van der Waals surface area contributed by atoms with Gasteiger partial charge in [-0.1, -0.05) is 30.7 Å². The van der Waals surface area contributed by atoms with Crippen LogP contribution in [0.3, 0.4) is 0 Å².